The van der Waals surface area contributed by atoms with Gasteiger partial charge in [0.05, 0.1) is 28.0 Å². The number of nitrogens with zero attached hydrogens (tertiary/aromatic N) is 3. The lowest BCUT2D eigenvalue weighted by molar-refractivity contribution is 0.0956. The van der Waals surface area contributed by atoms with Gasteiger partial charge in [-0.05, 0) is 55.3 Å². The minimum absolute atomic E-state index is 0.172. The van der Waals surface area contributed by atoms with E-state index in [9.17, 15) is 13.2 Å². The number of carbonyl (C=O) groups excluding carboxylic acids is 1. The molecule has 6 rings (SSSR count). The topological polar surface area (TPSA) is 114 Å². The molecule has 2 heterocycles. The second-order valence-corrected chi connectivity index (χ2v) is 11.9. The number of rotatable bonds is 7. The van der Waals surface area contributed by atoms with Crippen LogP contribution in [-0.4, -0.2) is 45.7 Å². The summed E-state index contributed by atoms with van der Waals surface area (Å²) >= 11 is 0. The van der Waals surface area contributed by atoms with Crippen molar-refractivity contribution >= 4 is 38.0 Å². The van der Waals surface area contributed by atoms with Crippen LogP contribution in [0, 0.1) is 0 Å². The number of aromatic nitrogens is 3. The summed E-state index contributed by atoms with van der Waals surface area (Å²) in [6, 6.07) is 26.2. The van der Waals surface area contributed by atoms with E-state index in [0.717, 1.165) is 51.9 Å². The van der Waals surface area contributed by atoms with E-state index in [4.69, 9.17) is 14.5 Å². The van der Waals surface area contributed by atoms with E-state index in [0.29, 0.717) is 17.1 Å². The number of hydrogen-bond donors (Lipinski definition) is 2. The van der Waals surface area contributed by atoms with Gasteiger partial charge in [0, 0.05) is 34.7 Å². The van der Waals surface area contributed by atoms with Crippen LogP contribution in [0.2, 0.25) is 0 Å². The van der Waals surface area contributed by atoms with Gasteiger partial charge < -0.3 is 9.88 Å². The third-order valence-electron chi connectivity index (χ3n) is 7.55. The van der Waals surface area contributed by atoms with Crippen molar-refractivity contribution in [2.45, 2.75) is 38.1 Å². The number of hydrogen-bond acceptors (Lipinski definition) is 5. The number of carbonyl (C=O) groups is 1. The van der Waals surface area contributed by atoms with Crippen molar-refractivity contribution in [1.29, 1.82) is 0 Å². The average molecular weight is 555 g/mol. The SMILES string of the molecule is O=C(NCCS(=O)(=O)O)c1ccc2c(c1)nc(-c1ccc3nc(-c4ccccc4)ccc3c1)n2C1CCCCC1. The predicted octanol–water partition coefficient (Wildman–Crippen LogP) is 6.04. The van der Waals surface area contributed by atoms with Crippen molar-refractivity contribution in [2.75, 3.05) is 12.3 Å². The quantitative estimate of drug-likeness (QED) is 0.237. The van der Waals surface area contributed by atoms with E-state index in [1.165, 1.54) is 19.3 Å². The molecule has 1 aliphatic rings. The van der Waals surface area contributed by atoms with Crippen LogP contribution < -0.4 is 5.32 Å². The lowest BCUT2D eigenvalue weighted by Crippen LogP contribution is -2.28. The maximum atomic E-state index is 12.7. The molecule has 0 aliphatic heterocycles. The van der Waals surface area contributed by atoms with Gasteiger partial charge in [-0.3, -0.25) is 9.35 Å². The van der Waals surface area contributed by atoms with Crippen molar-refractivity contribution < 1.29 is 17.8 Å². The first-order chi connectivity index (χ1) is 19.4. The highest BCUT2D eigenvalue weighted by molar-refractivity contribution is 7.85. The fraction of sp³-hybridized carbons (Fsp3) is 0.258. The maximum Gasteiger partial charge on any atom is 0.266 e. The van der Waals surface area contributed by atoms with Gasteiger partial charge in [0.25, 0.3) is 16.0 Å². The second-order valence-electron chi connectivity index (χ2n) is 10.3. The molecule has 5 aromatic rings. The molecule has 204 valence electrons. The van der Waals surface area contributed by atoms with E-state index in [2.05, 4.69) is 40.2 Å². The molecule has 0 radical (unpaired) electrons. The van der Waals surface area contributed by atoms with E-state index in [-0.39, 0.29) is 6.54 Å². The van der Waals surface area contributed by atoms with Crippen molar-refractivity contribution in [2.24, 2.45) is 0 Å². The molecule has 0 spiro atoms. The first-order valence-corrected chi connectivity index (χ1v) is 15.2. The van der Waals surface area contributed by atoms with Crippen LogP contribution in [0.15, 0.2) is 78.9 Å². The van der Waals surface area contributed by atoms with Gasteiger partial charge in [0.15, 0.2) is 0 Å². The lowest BCUT2D eigenvalue weighted by Gasteiger charge is -2.25. The molecule has 2 aromatic heterocycles. The molecule has 1 fully saturated rings. The Morgan fingerprint density at radius 2 is 1.68 bits per heavy atom. The van der Waals surface area contributed by atoms with Crippen LogP contribution >= 0.6 is 0 Å². The highest BCUT2D eigenvalue weighted by Gasteiger charge is 2.23. The normalized spacial score (nSPS) is 14.5. The molecule has 0 atom stereocenters. The summed E-state index contributed by atoms with van der Waals surface area (Å²) in [6.45, 7) is -0.172. The third-order valence-corrected chi connectivity index (χ3v) is 8.27. The van der Waals surface area contributed by atoms with Crippen LogP contribution in [0.5, 0.6) is 0 Å². The fourth-order valence-corrected chi connectivity index (χ4v) is 5.94. The van der Waals surface area contributed by atoms with Gasteiger partial charge >= 0.3 is 0 Å². The smallest absolute Gasteiger partial charge is 0.266 e. The molecule has 0 unspecified atom stereocenters. The molecule has 8 nitrogen and oxygen atoms in total. The van der Waals surface area contributed by atoms with Crippen molar-refractivity contribution in [3.8, 4) is 22.6 Å². The van der Waals surface area contributed by atoms with Gasteiger partial charge in [-0.25, -0.2) is 9.97 Å². The Hall–Kier alpha value is -4.08. The Bertz CT molecular complexity index is 1810. The largest absolute Gasteiger partial charge is 0.351 e. The maximum absolute atomic E-state index is 12.7. The molecule has 1 saturated carbocycles. The van der Waals surface area contributed by atoms with Gasteiger partial charge in [-0.1, -0.05) is 55.7 Å². The zero-order valence-electron chi connectivity index (χ0n) is 22.0. The van der Waals surface area contributed by atoms with Crippen LogP contribution in [0.4, 0.5) is 0 Å². The van der Waals surface area contributed by atoms with E-state index < -0.39 is 21.8 Å². The second kappa shape index (κ2) is 10.8. The van der Waals surface area contributed by atoms with Crippen LogP contribution in [0.3, 0.4) is 0 Å². The monoisotopic (exact) mass is 554 g/mol. The average Bonchev–Trinajstić information content (AvgIpc) is 3.36. The number of nitrogens with one attached hydrogen (secondary N) is 1. The van der Waals surface area contributed by atoms with E-state index in [1.807, 2.05) is 36.4 Å². The standard InChI is InChI=1S/C31H30N4O4S/c36-31(32-17-18-40(37,38)39)24-13-16-29-28(20-24)34-30(35(29)25-9-5-2-6-10-25)23-12-15-27-22(19-23)11-14-26(33-27)21-7-3-1-4-8-21/h1,3-4,7-8,11-16,19-20,25H,2,5-6,9-10,17-18H2,(H,32,36)(H,37,38,39). The minimum atomic E-state index is -4.15. The first-order valence-electron chi connectivity index (χ1n) is 13.6. The Kier molecular flexibility index (Phi) is 7.08. The summed E-state index contributed by atoms with van der Waals surface area (Å²) in [5, 5.41) is 3.58. The number of amides is 1. The molecule has 40 heavy (non-hydrogen) atoms. The zero-order valence-corrected chi connectivity index (χ0v) is 22.8. The fourth-order valence-electron chi connectivity index (χ4n) is 5.58. The highest BCUT2D eigenvalue weighted by Crippen LogP contribution is 2.37. The molecule has 1 amide bonds. The molecule has 9 heteroatoms. The third kappa shape index (κ3) is 5.48. The molecule has 2 N–H and O–H groups in total. The van der Waals surface area contributed by atoms with Crippen LogP contribution in [-0.2, 0) is 10.1 Å². The number of benzene rings is 3. The van der Waals surface area contributed by atoms with Gasteiger partial charge in [0.2, 0.25) is 0 Å². The lowest BCUT2D eigenvalue weighted by atomic mass is 9.94. The Morgan fingerprint density at radius 3 is 2.45 bits per heavy atom. The molecule has 3 aromatic carbocycles. The number of pyridine rings is 1. The molecule has 0 saturated heterocycles. The van der Waals surface area contributed by atoms with Gasteiger partial charge in [0.1, 0.15) is 5.82 Å². The zero-order chi connectivity index (χ0) is 27.7. The van der Waals surface area contributed by atoms with Crippen molar-refractivity contribution in [3.05, 3.63) is 84.4 Å². The summed E-state index contributed by atoms with van der Waals surface area (Å²) < 4.78 is 33.3. The summed E-state index contributed by atoms with van der Waals surface area (Å²) in [5.41, 5.74) is 5.97. The number of fused-ring (bicyclic) bond motifs is 2. The first kappa shape index (κ1) is 26.2. The Balaban J connectivity index is 1.38. The summed E-state index contributed by atoms with van der Waals surface area (Å²) in [5.74, 6) is -0.0874. The molecular formula is C31H30N4O4S. The summed E-state index contributed by atoms with van der Waals surface area (Å²) in [4.78, 5) is 22.6. The Morgan fingerprint density at radius 1 is 0.875 bits per heavy atom. The van der Waals surface area contributed by atoms with Crippen LogP contribution in [0.1, 0.15) is 48.5 Å². The predicted molar refractivity (Wildman–Crippen MR) is 157 cm³/mol. The highest BCUT2D eigenvalue weighted by atomic mass is 32.2. The van der Waals surface area contributed by atoms with Crippen molar-refractivity contribution in [1.82, 2.24) is 19.9 Å². The van der Waals surface area contributed by atoms with E-state index >= 15 is 0 Å². The summed E-state index contributed by atoms with van der Waals surface area (Å²) in [6.07, 6.45) is 5.72. The van der Waals surface area contributed by atoms with Crippen molar-refractivity contribution in [3.63, 3.8) is 0 Å². The number of imidazole rings is 1. The van der Waals surface area contributed by atoms with E-state index in [1.54, 1.807) is 12.1 Å². The molecule has 1 aliphatic carbocycles. The minimum Gasteiger partial charge on any atom is -0.351 e. The van der Waals surface area contributed by atoms with Gasteiger partial charge in [-0.15, -0.1) is 0 Å². The molecule has 0 bridgehead atoms. The molecular weight excluding hydrogens is 524 g/mol. The van der Waals surface area contributed by atoms with Crippen LogP contribution in [0.25, 0.3) is 44.6 Å². The van der Waals surface area contributed by atoms with Gasteiger partial charge in [-0.2, -0.15) is 8.42 Å². The Labute approximate surface area is 232 Å². The summed E-state index contributed by atoms with van der Waals surface area (Å²) in [7, 11) is -4.15.